The summed E-state index contributed by atoms with van der Waals surface area (Å²) < 4.78 is 2.16. The van der Waals surface area contributed by atoms with Gasteiger partial charge in [0.05, 0.1) is 5.75 Å². The first-order chi connectivity index (χ1) is 11.6. The van der Waals surface area contributed by atoms with Gasteiger partial charge in [0, 0.05) is 12.1 Å². The summed E-state index contributed by atoms with van der Waals surface area (Å²) in [6.07, 6.45) is 4.30. The number of aromatic nitrogens is 3. The van der Waals surface area contributed by atoms with Crippen LogP contribution in [0.3, 0.4) is 0 Å². The number of nitrogens with one attached hydrogen (secondary N) is 1. The number of nitrogens with zero attached hydrogens (tertiary/aromatic N) is 3. The number of benzene rings is 1. The Hall–Kier alpha value is -1.82. The first kappa shape index (κ1) is 17.0. The highest BCUT2D eigenvalue weighted by molar-refractivity contribution is 7.99. The standard InChI is InChI=1S/C18H24N4OS/c1-13(8-9-15-6-4-3-5-7-15)19-17(23)12-24-18-21-20-14(2)22(18)16-10-11-16/h3-7,13,16H,8-12H2,1-2H3,(H,19,23). The monoisotopic (exact) mass is 344 g/mol. The quantitative estimate of drug-likeness (QED) is 0.747. The van der Waals surface area contributed by atoms with Gasteiger partial charge in [0.15, 0.2) is 5.16 Å². The highest BCUT2D eigenvalue weighted by Crippen LogP contribution is 2.38. The Kier molecular flexibility index (Phi) is 5.56. The van der Waals surface area contributed by atoms with Crippen LogP contribution in [0.4, 0.5) is 0 Å². The summed E-state index contributed by atoms with van der Waals surface area (Å²) in [5, 5.41) is 12.3. The molecule has 1 N–H and O–H groups in total. The molecule has 3 rings (SSSR count). The molecule has 1 aromatic heterocycles. The van der Waals surface area contributed by atoms with Crippen molar-refractivity contribution in [2.45, 2.75) is 56.8 Å². The zero-order valence-electron chi connectivity index (χ0n) is 14.2. The lowest BCUT2D eigenvalue weighted by Gasteiger charge is -2.14. The highest BCUT2D eigenvalue weighted by atomic mass is 32.2. The first-order valence-corrected chi connectivity index (χ1v) is 9.49. The topological polar surface area (TPSA) is 59.8 Å². The Morgan fingerprint density at radius 1 is 1.33 bits per heavy atom. The van der Waals surface area contributed by atoms with E-state index >= 15 is 0 Å². The van der Waals surface area contributed by atoms with Crippen LogP contribution in [-0.2, 0) is 11.2 Å². The van der Waals surface area contributed by atoms with Crippen molar-refractivity contribution in [3.8, 4) is 0 Å². The van der Waals surface area contributed by atoms with E-state index < -0.39 is 0 Å². The SMILES string of the molecule is Cc1nnc(SCC(=O)NC(C)CCc2ccccc2)n1C1CC1. The number of hydrogen-bond donors (Lipinski definition) is 1. The molecule has 128 valence electrons. The van der Waals surface area contributed by atoms with E-state index in [-0.39, 0.29) is 11.9 Å². The van der Waals surface area contributed by atoms with Gasteiger partial charge in [0.1, 0.15) is 5.82 Å². The molecule has 6 heteroatoms. The number of hydrogen-bond acceptors (Lipinski definition) is 4. The van der Waals surface area contributed by atoms with E-state index in [1.54, 1.807) is 0 Å². The van der Waals surface area contributed by atoms with Gasteiger partial charge in [-0.3, -0.25) is 4.79 Å². The second-order valence-corrected chi connectivity index (χ2v) is 7.35. The molecule has 1 aromatic carbocycles. The van der Waals surface area contributed by atoms with E-state index in [2.05, 4.69) is 39.1 Å². The average Bonchev–Trinajstić information content (AvgIpc) is 3.35. The normalized spacial score (nSPS) is 15.2. The molecule has 2 aromatic rings. The van der Waals surface area contributed by atoms with Crippen LogP contribution in [0, 0.1) is 6.92 Å². The smallest absolute Gasteiger partial charge is 0.230 e. The Morgan fingerprint density at radius 3 is 2.79 bits per heavy atom. The van der Waals surface area contributed by atoms with Crippen molar-refractivity contribution >= 4 is 17.7 Å². The Balaban J connectivity index is 1.42. The minimum atomic E-state index is 0.0589. The number of rotatable bonds is 8. The average molecular weight is 344 g/mol. The van der Waals surface area contributed by atoms with Crippen LogP contribution in [-0.4, -0.2) is 32.5 Å². The molecule has 5 nitrogen and oxygen atoms in total. The summed E-state index contributed by atoms with van der Waals surface area (Å²) in [5.41, 5.74) is 1.31. The molecule has 0 radical (unpaired) electrons. The van der Waals surface area contributed by atoms with Crippen molar-refractivity contribution in [1.29, 1.82) is 0 Å². The highest BCUT2D eigenvalue weighted by Gasteiger charge is 2.28. The lowest BCUT2D eigenvalue weighted by atomic mass is 10.1. The predicted octanol–water partition coefficient (Wildman–Crippen LogP) is 3.15. The molecule has 24 heavy (non-hydrogen) atoms. The maximum Gasteiger partial charge on any atom is 0.230 e. The number of aryl methyl sites for hydroxylation is 2. The fourth-order valence-electron chi connectivity index (χ4n) is 2.75. The van der Waals surface area contributed by atoms with Crippen molar-refractivity contribution in [3.05, 3.63) is 41.7 Å². The Morgan fingerprint density at radius 2 is 2.08 bits per heavy atom. The maximum absolute atomic E-state index is 12.2. The van der Waals surface area contributed by atoms with Gasteiger partial charge in [-0.25, -0.2) is 0 Å². The van der Waals surface area contributed by atoms with Crippen LogP contribution in [0.2, 0.25) is 0 Å². The molecule has 1 aliphatic rings. The lowest BCUT2D eigenvalue weighted by Crippen LogP contribution is -2.34. The van der Waals surface area contributed by atoms with Gasteiger partial charge in [-0.15, -0.1) is 10.2 Å². The van der Waals surface area contributed by atoms with Gasteiger partial charge in [-0.2, -0.15) is 0 Å². The van der Waals surface area contributed by atoms with Crippen LogP contribution in [0.25, 0.3) is 0 Å². The van der Waals surface area contributed by atoms with E-state index in [9.17, 15) is 4.79 Å². The third-order valence-electron chi connectivity index (χ3n) is 4.20. The van der Waals surface area contributed by atoms with E-state index in [4.69, 9.17) is 0 Å². The van der Waals surface area contributed by atoms with Crippen molar-refractivity contribution in [1.82, 2.24) is 20.1 Å². The molecule has 1 atom stereocenters. The lowest BCUT2D eigenvalue weighted by molar-refractivity contribution is -0.119. The van der Waals surface area contributed by atoms with Gasteiger partial charge in [0.2, 0.25) is 5.91 Å². The largest absolute Gasteiger partial charge is 0.353 e. The molecule has 0 bridgehead atoms. The second-order valence-electron chi connectivity index (χ2n) is 6.41. The van der Waals surface area contributed by atoms with E-state index in [1.807, 2.05) is 25.1 Å². The summed E-state index contributed by atoms with van der Waals surface area (Å²) >= 11 is 1.48. The minimum Gasteiger partial charge on any atom is -0.353 e. The maximum atomic E-state index is 12.2. The van der Waals surface area contributed by atoms with Crippen LogP contribution in [0.15, 0.2) is 35.5 Å². The second kappa shape index (κ2) is 7.83. The van der Waals surface area contributed by atoms with E-state index in [1.165, 1.54) is 30.2 Å². The van der Waals surface area contributed by atoms with Gasteiger partial charge in [-0.05, 0) is 45.1 Å². The molecule has 1 amide bonds. The molecular weight excluding hydrogens is 320 g/mol. The van der Waals surface area contributed by atoms with Crippen molar-refractivity contribution in [2.75, 3.05) is 5.75 Å². The number of amides is 1. The van der Waals surface area contributed by atoms with E-state index in [0.29, 0.717) is 11.8 Å². The summed E-state index contributed by atoms with van der Waals surface area (Å²) in [4.78, 5) is 12.2. The fourth-order valence-corrected chi connectivity index (χ4v) is 3.61. The van der Waals surface area contributed by atoms with Gasteiger partial charge < -0.3 is 9.88 Å². The zero-order chi connectivity index (χ0) is 16.9. The molecular formula is C18H24N4OS. The molecule has 1 aliphatic carbocycles. The summed E-state index contributed by atoms with van der Waals surface area (Å²) in [7, 11) is 0. The summed E-state index contributed by atoms with van der Waals surface area (Å²) in [6, 6.07) is 11.1. The zero-order valence-corrected chi connectivity index (χ0v) is 15.1. The van der Waals surface area contributed by atoms with Crippen molar-refractivity contribution in [2.24, 2.45) is 0 Å². The van der Waals surface area contributed by atoms with Crippen molar-refractivity contribution in [3.63, 3.8) is 0 Å². The molecule has 1 heterocycles. The van der Waals surface area contributed by atoms with Gasteiger partial charge >= 0.3 is 0 Å². The Labute approximate surface area is 147 Å². The number of carbonyl (C=O) groups is 1. The van der Waals surface area contributed by atoms with Crippen LogP contribution in [0.1, 0.15) is 43.6 Å². The molecule has 1 fully saturated rings. The molecule has 1 saturated carbocycles. The fraction of sp³-hybridized carbons (Fsp3) is 0.500. The third kappa shape index (κ3) is 4.60. The van der Waals surface area contributed by atoms with Crippen molar-refractivity contribution < 1.29 is 4.79 Å². The van der Waals surface area contributed by atoms with Crippen LogP contribution in [0.5, 0.6) is 0 Å². The first-order valence-electron chi connectivity index (χ1n) is 8.51. The summed E-state index contributed by atoms with van der Waals surface area (Å²) in [5.74, 6) is 1.39. The Bertz CT molecular complexity index is 682. The van der Waals surface area contributed by atoms with Gasteiger partial charge in [-0.1, -0.05) is 42.1 Å². The van der Waals surface area contributed by atoms with Crippen LogP contribution < -0.4 is 5.32 Å². The molecule has 0 aliphatic heterocycles. The molecule has 1 unspecified atom stereocenters. The van der Waals surface area contributed by atoms with Crippen LogP contribution >= 0.6 is 11.8 Å². The molecule has 0 spiro atoms. The molecule has 0 saturated heterocycles. The van der Waals surface area contributed by atoms with Gasteiger partial charge in [0.25, 0.3) is 0 Å². The van der Waals surface area contributed by atoms with E-state index in [0.717, 1.165) is 23.8 Å². The summed E-state index contributed by atoms with van der Waals surface area (Å²) in [6.45, 7) is 4.03. The predicted molar refractivity (Wildman–Crippen MR) is 96.1 cm³/mol. The minimum absolute atomic E-state index is 0.0589. The number of carbonyl (C=O) groups excluding carboxylic acids is 1. The third-order valence-corrected chi connectivity index (χ3v) is 5.14. The number of thioether (sulfide) groups is 1.